The Morgan fingerprint density at radius 3 is 2.90 bits per heavy atom. The average Bonchev–Trinajstić information content (AvgIpc) is 3.03. The second kappa shape index (κ2) is 9.67. The van der Waals surface area contributed by atoms with E-state index >= 15 is 0 Å². The van der Waals surface area contributed by atoms with Crippen molar-refractivity contribution in [2.75, 3.05) is 19.5 Å². The van der Waals surface area contributed by atoms with Crippen LogP contribution in [0.3, 0.4) is 0 Å². The van der Waals surface area contributed by atoms with E-state index in [1.165, 1.54) is 25.1 Å². The quantitative estimate of drug-likeness (QED) is 0.332. The molecule has 1 aromatic heterocycles. The molecular weight excluding hydrogens is 412 g/mol. The fourth-order valence-electron chi connectivity index (χ4n) is 2.72. The lowest BCUT2D eigenvalue weighted by Gasteiger charge is -2.11. The van der Waals surface area contributed by atoms with Crippen LogP contribution < -0.4 is 14.9 Å². The molecule has 0 saturated heterocycles. The van der Waals surface area contributed by atoms with Crippen molar-refractivity contribution in [2.24, 2.45) is 12.1 Å². The number of amides is 1. The molecule has 0 aliphatic heterocycles. The summed E-state index contributed by atoms with van der Waals surface area (Å²) in [5, 5.41) is 5.17. The number of hydrogen-bond donors (Lipinski definition) is 1. The zero-order chi connectivity index (χ0) is 20.8. The number of ether oxygens (including phenoxy) is 2. The van der Waals surface area contributed by atoms with Crippen LogP contribution in [0.1, 0.15) is 12.5 Å². The first kappa shape index (κ1) is 21.0. The Kier molecular flexibility index (Phi) is 7.00. The van der Waals surface area contributed by atoms with Crippen molar-refractivity contribution in [3.8, 4) is 11.5 Å². The molecule has 0 saturated carbocycles. The summed E-state index contributed by atoms with van der Waals surface area (Å²) in [6.07, 6.45) is 1.51. The summed E-state index contributed by atoms with van der Waals surface area (Å²) >= 11 is 7.56. The second-order valence-electron chi connectivity index (χ2n) is 5.99. The standard InChI is InChI=1S/C20H21ClN4O3S/c1-4-28-17-10-13(9-14(21)19(17)27-3)11-22-24-18(26)12-29-20-23-15-7-5-6-8-16(15)25(20)2/h5-11H,4,12H2,1-3H3,(H,24,26)/b22-11-. The molecule has 0 aliphatic carbocycles. The summed E-state index contributed by atoms with van der Waals surface area (Å²) in [6, 6.07) is 11.3. The highest BCUT2D eigenvalue weighted by Gasteiger charge is 2.12. The van der Waals surface area contributed by atoms with Gasteiger partial charge in [0, 0.05) is 7.05 Å². The maximum Gasteiger partial charge on any atom is 0.250 e. The van der Waals surface area contributed by atoms with E-state index in [1.807, 2.05) is 42.8 Å². The fourth-order valence-corrected chi connectivity index (χ4v) is 3.79. The van der Waals surface area contributed by atoms with Gasteiger partial charge in [0.1, 0.15) is 0 Å². The maximum absolute atomic E-state index is 12.1. The molecule has 29 heavy (non-hydrogen) atoms. The van der Waals surface area contributed by atoms with E-state index in [9.17, 15) is 4.79 Å². The molecule has 3 rings (SSSR count). The molecule has 3 aromatic rings. The van der Waals surface area contributed by atoms with Gasteiger partial charge in [0.25, 0.3) is 5.91 Å². The monoisotopic (exact) mass is 432 g/mol. The van der Waals surface area contributed by atoms with Crippen molar-refractivity contribution in [1.82, 2.24) is 15.0 Å². The van der Waals surface area contributed by atoms with Crippen molar-refractivity contribution < 1.29 is 14.3 Å². The number of nitrogens with zero attached hydrogens (tertiary/aromatic N) is 3. The van der Waals surface area contributed by atoms with Gasteiger partial charge in [-0.15, -0.1) is 0 Å². The number of thioether (sulfide) groups is 1. The number of carbonyl (C=O) groups excluding carboxylic acids is 1. The number of hydrazone groups is 1. The Morgan fingerprint density at radius 1 is 1.38 bits per heavy atom. The smallest absolute Gasteiger partial charge is 0.250 e. The van der Waals surface area contributed by atoms with Crippen LogP contribution in [0.4, 0.5) is 0 Å². The molecule has 1 amide bonds. The summed E-state index contributed by atoms with van der Waals surface area (Å²) in [5.74, 6) is 0.950. The molecule has 0 bridgehead atoms. The van der Waals surface area contributed by atoms with Crippen LogP contribution >= 0.6 is 23.4 Å². The highest BCUT2D eigenvalue weighted by Crippen LogP contribution is 2.35. The molecule has 1 N–H and O–H groups in total. The highest BCUT2D eigenvalue weighted by atomic mass is 35.5. The molecule has 1 heterocycles. The van der Waals surface area contributed by atoms with Gasteiger partial charge in [-0.1, -0.05) is 35.5 Å². The Balaban J connectivity index is 1.60. The summed E-state index contributed by atoms with van der Waals surface area (Å²) in [4.78, 5) is 16.6. The number of methoxy groups -OCH3 is 1. The van der Waals surface area contributed by atoms with Gasteiger partial charge in [0.05, 0.1) is 41.7 Å². The fraction of sp³-hybridized carbons (Fsp3) is 0.250. The number of nitrogens with one attached hydrogen (secondary N) is 1. The third-order valence-corrected chi connectivity index (χ3v) is 5.33. The van der Waals surface area contributed by atoms with Crippen molar-refractivity contribution in [1.29, 1.82) is 0 Å². The van der Waals surface area contributed by atoms with E-state index in [4.69, 9.17) is 21.1 Å². The van der Waals surface area contributed by atoms with E-state index in [-0.39, 0.29) is 11.7 Å². The number of rotatable bonds is 8. The van der Waals surface area contributed by atoms with Crippen LogP contribution in [0, 0.1) is 0 Å². The first-order valence-electron chi connectivity index (χ1n) is 8.90. The normalized spacial score (nSPS) is 11.2. The lowest BCUT2D eigenvalue weighted by atomic mass is 10.2. The van der Waals surface area contributed by atoms with Gasteiger partial charge in [-0.3, -0.25) is 4.79 Å². The molecular formula is C20H21ClN4O3S. The number of aromatic nitrogens is 2. The minimum Gasteiger partial charge on any atom is -0.491 e. The maximum atomic E-state index is 12.1. The zero-order valence-electron chi connectivity index (χ0n) is 16.3. The van der Waals surface area contributed by atoms with E-state index in [2.05, 4.69) is 15.5 Å². The molecule has 0 aliphatic rings. The molecule has 0 spiro atoms. The van der Waals surface area contributed by atoms with Crippen LogP contribution in [0.2, 0.25) is 5.02 Å². The number of carbonyl (C=O) groups is 1. The summed E-state index contributed by atoms with van der Waals surface area (Å²) in [5.41, 5.74) is 5.12. The van der Waals surface area contributed by atoms with Crippen LogP contribution in [0.5, 0.6) is 11.5 Å². The number of benzene rings is 2. The minimum atomic E-state index is -0.233. The molecule has 0 atom stereocenters. The molecule has 9 heteroatoms. The van der Waals surface area contributed by atoms with E-state index in [0.717, 1.165) is 16.2 Å². The molecule has 2 aromatic carbocycles. The molecule has 0 unspecified atom stereocenters. The van der Waals surface area contributed by atoms with E-state index in [0.29, 0.717) is 28.7 Å². The largest absolute Gasteiger partial charge is 0.491 e. The Morgan fingerprint density at radius 2 is 2.17 bits per heavy atom. The molecule has 152 valence electrons. The summed E-state index contributed by atoms with van der Waals surface area (Å²) in [7, 11) is 3.46. The Bertz CT molecular complexity index is 1050. The predicted octanol–water partition coefficient (Wildman–Crippen LogP) is 3.88. The summed E-state index contributed by atoms with van der Waals surface area (Å²) in [6.45, 7) is 2.35. The molecule has 0 fully saturated rings. The van der Waals surface area contributed by atoms with Crippen molar-refractivity contribution in [3.63, 3.8) is 0 Å². The summed E-state index contributed by atoms with van der Waals surface area (Å²) < 4.78 is 12.7. The molecule has 7 nitrogen and oxygen atoms in total. The van der Waals surface area contributed by atoms with Crippen LogP contribution in [0.25, 0.3) is 11.0 Å². The zero-order valence-corrected chi connectivity index (χ0v) is 17.9. The van der Waals surface area contributed by atoms with Gasteiger partial charge in [0.2, 0.25) is 0 Å². The Hall–Kier alpha value is -2.71. The van der Waals surface area contributed by atoms with Crippen molar-refractivity contribution in [3.05, 3.63) is 47.0 Å². The highest BCUT2D eigenvalue weighted by molar-refractivity contribution is 7.99. The first-order chi connectivity index (χ1) is 14.0. The number of aryl methyl sites for hydroxylation is 1. The third kappa shape index (κ3) is 5.02. The number of hydrogen-bond acceptors (Lipinski definition) is 6. The second-order valence-corrected chi connectivity index (χ2v) is 7.34. The number of fused-ring (bicyclic) bond motifs is 1. The van der Waals surface area contributed by atoms with Crippen LogP contribution in [-0.4, -0.2) is 41.1 Å². The van der Waals surface area contributed by atoms with E-state index in [1.54, 1.807) is 12.1 Å². The topological polar surface area (TPSA) is 77.7 Å². The van der Waals surface area contributed by atoms with Crippen LogP contribution in [0.15, 0.2) is 46.7 Å². The number of imidazole rings is 1. The van der Waals surface area contributed by atoms with Gasteiger partial charge in [-0.25, -0.2) is 10.4 Å². The van der Waals surface area contributed by atoms with Gasteiger partial charge in [-0.2, -0.15) is 5.10 Å². The number of halogens is 1. The van der Waals surface area contributed by atoms with Crippen LogP contribution in [-0.2, 0) is 11.8 Å². The number of para-hydroxylation sites is 2. The SMILES string of the molecule is CCOc1cc(/C=N\NC(=O)CSc2nc3ccccc3n2C)cc(Cl)c1OC. The Labute approximate surface area is 178 Å². The predicted molar refractivity (Wildman–Crippen MR) is 116 cm³/mol. The van der Waals surface area contributed by atoms with Gasteiger partial charge < -0.3 is 14.0 Å². The van der Waals surface area contributed by atoms with Crippen molar-refractivity contribution >= 4 is 46.5 Å². The average molecular weight is 433 g/mol. The van der Waals surface area contributed by atoms with Gasteiger partial charge >= 0.3 is 0 Å². The minimum absolute atomic E-state index is 0.196. The first-order valence-corrected chi connectivity index (χ1v) is 10.3. The van der Waals surface area contributed by atoms with Gasteiger partial charge in [0.15, 0.2) is 16.7 Å². The third-order valence-electron chi connectivity index (χ3n) is 4.02. The molecule has 0 radical (unpaired) electrons. The van der Waals surface area contributed by atoms with E-state index < -0.39 is 0 Å². The van der Waals surface area contributed by atoms with Gasteiger partial charge in [-0.05, 0) is 36.8 Å². The lowest BCUT2D eigenvalue weighted by molar-refractivity contribution is -0.118. The lowest BCUT2D eigenvalue weighted by Crippen LogP contribution is -2.19. The van der Waals surface area contributed by atoms with Crippen molar-refractivity contribution in [2.45, 2.75) is 12.1 Å².